The van der Waals surface area contributed by atoms with Crippen molar-refractivity contribution in [3.63, 3.8) is 0 Å². The van der Waals surface area contributed by atoms with Crippen LogP contribution in [-0.2, 0) is 0 Å². The monoisotopic (exact) mass is 269 g/mol. The Labute approximate surface area is 111 Å². The van der Waals surface area contributed by atoms with Crippen LogP contribution < -0.4 is 5.43 Å². The zero-order chi connectivity index (χ0) is 13.3. The molecule has 1 aliphatic heterocycles. The van der Waals surface area contributed by atoms with Crippen LogP contribution in [0.3, 0.4) is 0 Å². The Morgan fingerprint density at radius 3 is 2.56 bits per heavy atom. The number of nitrogens with zero attached hydrogens (tertiary/aromatic N) is 2. The minimum atomic E-state index is -0.962. The normalized spacial score (nSPS) is 25.1. The minimum absolute atomic E-state index is 0.153. The Hall–Kier alpha value is -1.14. The van der Waals surface area contributed by atoms with Gasteiger partial charge in [-0.05, 0) is 33.6 Å². The molecule has 0 bridgehead atoms. The van der Waals surface area contributed by atoms with Gasteiger partial charge in [-0.25, -0.2) is 14.8 Å². The van der Waals surface area contributed by atoms with Crippen molar-refractivity contribution in [1.29, 1.82) is 0 Å². The van der Waals surface area contributed by atoms with Crippen molar-refractivity contribution >= 4 is 22.4 Å². The number of hydrogen-bond acceptors (Lipinski definition) is 5. The van der Waals surface area contributed by atoms with Gasteiger partial charge in [-0.15, -0.1) is 11.3 Å². The second kappa shape index (κ2) is 5.24. The van der Waals surface area contributed by atoms with Gasteiger partial charge in [0.15, 0.2) is 10.8 Å². The van der Waals surface area contributed by atoms with Crippen LogP contribution in [0.4, 0.5) is 5.13 Å². The number of piperidine rings is 1. The summed E-state index contributed by atoms with van der Waals surface area (Å²) >= 11 is 1.40. The smallest absolute Gasteiger partial charge is 0.355 e. The SMILES string of the molecule is Cc1sc(NN2C(C)CCCC2C)nc1C(=O)O. The van der Waals surface area contributed by atoms with Crippen molar-refractivity contribution < 1.29 is 9.90 Å². The van der Waals surface area contributed by atoms with E-state index in [4.69, 9.17) is 5.11 Å². The highest BCUT2D eigenvalue weighted by molar-refractivity contribution is 7.15. The van der Waals surface area contributed by atoms with Gasteiger partial charge in [0.25, 0.3) is 0 Å². The number of rotatable bonds is 3. The average Bonchev–Trinajstić information content (AvgIpc) is 2.65. The van der Waals surface area contributed by atoms with E-state index in [1.807, 2.05) is 0 Å². The van der Waals surface area contributed by atoms with Gasteiger partial charge in [-0.2, -0.15) is 0 Å². The molecule has 1 aromatic heterocycles. The zero-order valence-corrected chi connectivity index (χ0v) is 11.8. The first-order valence-electron chi connectivity index (χ1n) is 6.24. The maximum Gasteiger partial charge on any atom is 0.355 e. The first-order chi connectivity index (χ1) is 8.49. The maximum absolute atomic E-state index is 11.0. The summed E-state index contributed by atoms with van der Waals surface area (Å²) in [5, 5.41) is 11.9. The number of carbonyl (C=O) groups is 1. The Balaban J connectivity index is 2.13. The quantitative estimate of drug-likeness (QED) is 0.883. The molecule has 5 nitrogen and oxygen atoms in total. The molecule has 0 aliphatic carbocycles. The number of hydrazine groups is 1. The van der Waals surface area contributed by atoms with E-state index in [1.54, 1.807) is 6.92 Å². The molecule has 0 saturated carbocycles. The van der Waals surface area contributed by atoms with Crippen LogP contribution in [-0.4, -0.2) is 33.2 Å². The molecule has 1 saturated heterocycles. The molecule has 0 amide bonds. The fourth-order valence-electron chi connectivity index (χ4n) is 2.39. The largest absolute Gasteiger partial charge is 0.476 e. The second-order valence-electron chi connectivity index (χ2n) is 4.88. The molecule has 1 aromatic rings. The third kappa shape index (κ3) is 2.64. The van der Waals surface area contributed by atoms with E-state index < -0.39 is 5.97 Å². The first kappa shape index (κ1) is 13.3. The number of thiazole rings is 1. The molecule has 0 radical (unpaired) electrons. The number of aromatic nitrogens is 1. The van der Waals surface area contributed by atoms with E-state index >= 15 is 0 Å². The van der Waals surface area contributed by atoms with Gasteiger partial charge in [0.05, 0.1) is 0 Å². The van der Waals surface area contributed by atoms with Gasteiger partial charge >= 0.3 is 5.97 Å². The van der Waals surface area contributed by atoms with Gasteiger partial charge in [-0.3, -0.25) is 5.43 Å². The highest BCUT2D eigenvalue weighted by Gasteiger charge is 2.26. The Bertz CT molecular complexity index is 437. The van der Waals surface area contributed by atoms with E-state index in [9.17, 15) is 4.79 Å². The van der Waals surface area contributed by atoms with Gasteiger partial charge in [0.1, 0.15) is 0 Å². The molecule has 0 spiro atoms. The topological polar surface area (TPSA) is 65.5 Å². The maximum atomic E-state index is 11.0. The predicted octanol–water partition coefficient (Wildman–Crippen LogP) is 2.74. The van der Waals surface area contributed by atoms with Gasteiger partial charge in [-0.1, -0.05) is 6.42 Å². The number of carboxylic acids is 1. The van der Waals surface area contributed by atoms with Crippen LogP contribution in [0.25, 0.3) is 0 Å². The third-order valence-electron chi connectivity index (χ3n) is 3.42. The van der Waals surface area contributed by atoms with Crippen molar-refractivity contribution in [3.05, 3.63) is 10.6 Å². The standard InChI is InChI=1S/C12H19N3O2S/c1-7-5-4-6-8(2)15(7)14-12-13-10(11(16)17)9(3)18-12/h7-8H,4-6H2,1-3H3,(H,13,14)(H,16,17). The van der Waals surface area contributed by atoms with Gasteiger partial charge in [0.2, 0.25) is 0 Å². The van der Waals surface area contributed by atoms with Crippen LogP contribution >= 0.6 is 11.3 Å². The van der Waals surface area contributed by atoms with Crippen molar-refractivity contribution in [3.8, 4) is 0 Å². The zero-order valence-electron chi connectivity index (χ0n) is 10.9. The molecular formula is C12H19N3O2S. The lowest BCUT2D eigenvalue weighted by Gasteiger charge is -2.38. The molecule has 2 atom stereocenters. The lowest BCUT2D eigenvalue weighted by molar-refractivity contribution is 0.0690. The van der Waals surface area contributed by atoms with Gasteiger partial charge < -0.3 is 5.11 Å². The summed E-state index contributed by atoms with van der Waals surface area (Å²) in [6, 6.07) is 0.900. The number of nitrogens with one attached hydrogen (secondary N) is 1. The van der Waals surface area contributed by atoms with Crippen molar-refractivity contribution in [2.45, 2.75) is 52.1 Å². The summed E-state index contributed by atoms with van der Waals surface area (Å²) in [4.78, 5) is 15.8. The molecule has 2 heterocycles. The van der Waals surface area contributed by atoms with E-state index in [-0.39, 0.29) is 5.69 Å². The third-order valence-corrected chi connectivity index (χ3v) is 4.29. The Morgan fingerprint density at radius 2 is 2.06 bits per heavy atom. The summed E-state index contributed by atoms with van der Waals surface area (Å²) in [5.74, 6) is -0.962. The van der Waals surface area contributed by atoms with Crippen molar-refractivity contribution in [2.24, 2.45) is 0 Å². The molecule has 2 unspecified atom stereocenters. The number of hydrogen-bond donors (Lipinski definition) is 2. The molecule has 6 heteroatoms. The Morgan fingerprint density at radius 1 is 1.44 bits per heavy atom. The number of aromatic carboxylic acids is 1. The minimum Gasteiger partial charge on any atom is -0.476 e. The van der Waals surface area contributed by atoms with Crippen molar-refractivity contribution in [1.82, 2.24) is 9.99 Å². The lowest BCUT2D eigenvalue weighted by Crippen LogP contribution is -2.47. The molecule has 0 aromatic carbocycles. The molecular weight excluding hydrogens is 250 g/mol. The summed E-state index contributed by atoms with van der Waals surface area (Å²) in [6.07, 6.45) is 3.57. The molecule has 2 N–H and O–H groups in total. The highest BCUT2D eigenvalue weighted by Crippen LogP contribution is 2.27. The lowest BCUT2D eigenvalue weighted by atomic mass is 10.00. The van der Waals surface area contributed by atoms with E-state index in [0.717, 1.165) is 17.7 Å². The van der Waals surface area contributed by atoms with Crippen LogP contribution in [0.1, 0.15) is 48.5 Å². The van der Waals surface area contributed by atoms with Crippen LogP contribution in [0, 0.1) is 6.92 Å². The molecule has 1 fully saturated rings. The fourth-order valence-corrected chi connectivity index (χ4v) is 3.20. The molecule has 1 aliphatic rings. The van der Waals surface area contributed by atoms with Gasteiger partial charge in [0, 0.05) is 17.0 Å². The average molecular weight is 269 g/mol. The van der Waals surface area contributed by atoms with Crippen LogP contribution in [0.5, 0.6) is 0 Å². The van der Waals surface area contributed by atoms with Crippen LogP contribution in [0.2, 0.25) is 0 Å². The molecule has 18 heavy (non-hydrogen) atoms. The first-order valence-corrected chi connectivity index (χ1v) is 7.06. The predicted molar refractivity (Wildman–Crippen MR) is 72.0 cm³/mol. The summed E-state index contributed by atoms with van der Waals surface area (Å²) < 4.78 is 0. The van der Waals surface area contributed by atoms with E-state index in [2.05, 4.69) is 29.3 Å². The molecule has 2 rings (SSSR count). The number of carboxylic acid groups (broad SMARTS) is 1. The van der Waals surface area contributed by atoms with Crippen LogP contribution in [0.15, 0.2) is 0 Å². The van der Waals surface area contributed by atoms with E-state index in [1.165, 1.54) is 17.8 Å². The summed E-state index contributed by atoms with van der Waals surface area (Å²) in [6.45, 7) is 6.15. The Kier molecular flexibility index (Phi) is 3.87. The van der Waals surface area contributed by atoms with Crippen molar-refractivity contribution in [2.75, 3.05) is 5.43 Å². The highest BCUT2D eigenvalue weighted by atomic mass is 32.1. The summed E-state index contributed by atoms with van der Waals surface area (Å²) in [5.41, 5.74) is 3.43. The number of aryl methyl sites for hydroxylation is 1. The summed E-state index contributed by atoms with van der Waals surface area (Å²) in [7, 11) is 0. The second-order valence-corrected chi connectivity index (χ2v) is 6.08. The molecule has 100 valence electrons. The fraction of sp³-hybridized carbons (Fsp3) is 0.667. The van der Waals surface area contributed by atoms with E-state index in [0.29, 0.717) is 17.2 Å². The number of anilines is 1.